The Morgan fingerprint density at radius 2 is 2.25 bits per heavy atom. The van der Waals surface area contributed by atoms with Crippen molar-refractivity contribution in [3.63, 3.8) is 0 Å². The van der Waals surface area contributed by atoms with Crippen molar-refractivity contribution in [1.29, 1.82) is 0 Å². The maximum Gasteiger partial charge on any atom is 0.165 e. The number of hydrogen-bond acceptors (Lipinski definition) is 2. The summed E-state index contributed by atoms with van der Waals surface area (Å²) < 4.78 is 13.5. The van der Waals surface area contributed by atoms with Gasteiger partial charge in [-0.05, 0) is 19.2 Å². The van der Waals surface area contributed by atoms with Crippen molar-refractivity contribution in [2.75, 3.05) is 7.05 Å². The highest BCUT2D eigenvalue weighted by Crippen LogP contribution is 2.28. The van der Waals surface area contributed by atoms with Crippen LogP contribution >= 0.6 is 15.9 Å². The second kappa shape index (κ2) is 3.87. The lowest BCUT2D eigenvalue weighted by molar-refractivity contribution is 0.423. The van der Waals surface area contributed by atoms with Gasteiger partial charge in [0, 0.05) is 16.6 Å². The summed E-state index contributed by atoms with van der Waals surface area (Å²) in [5.74, 6) is -0.887. The molecule has 0 aliphatic heterocycles. The second-order valence-corrected chi connectivity index (χ2v) is 3.24. The van der Waals surface area contributed by atoms with Gasteiger partial charge in [-0.2, -0.15) is 0 Å². The van der Waals surface area contributed by atoms with Crippen LogP contribution in [-0.2, 0) is 6.54 Å². The molecule has 0 heterocycles. The zero-order valence-corrected chi connectivity index (χ0v) is 8.15. The van der Waals surface area contributed by atoms with Gasteiger partial charge in [-0.1, -0.05) is 15.9 Å². The SMILES string of the molecule is CNCc1c(Br)ccc(F)c1O. The topological polar surface area (TPSA) is 32.3 Å². The Labute approximate surface area is 78.5 Å². The van der Waals surface area contributed by atoms with E-state index < -0.39 is 5.82 Å². The van der Waals surface area contributed by atoms with Gasteiger partial charge < -0.3 is 10.4 Å². The van der Waals surface area contributed by atoms with Gasteiger partial charge in [-0.15, -0.1) is 0 Å². The van der Waals surface area contributed by atoms with Gasteiger partial charge >= 0.3 is 0 Å². The van der Waals surface area contributed by atoms with Gasteiger partial charge in [-0.25, -0.2) is 4.39 Å². The lowest BCUT2D eigenvalue weighted by atomic mass is 10.2. The Morgan fingerprint density at radius 1 is 1.58 bits per heavy atom. The van der Waals surface area contributed by atoms with Crippen LogP contribution in [0.3, 0.4) is 0 Å². The van der Waals surface area contributed by atoms with E-state index in [1.165, 1.54) is 6.07 Å². The molecule has 1 aromatic rings. The third kappa shape index (κ3) is 1.76. The van der Waals surface area contributed by atoms with Crippen molar-refractivity contribution in [2.24, 2.45) is 0 Å². The van der Waals surface area contributed by atoms with Crippen LogP contribution < -0.4 is 5.32 Å². The maximum absolute atomic E-state index is 12.8. The molecule has 4 heteroatoms. The quantitative estimate of drug-likeness (QED) is 0.820. The minimum atomic E-state index is -0.594. The molecule has 2 N–H and O–H groups in total. The number of phenolic OH excluding ortho intramolecular Hbond substituents is 1. The Kier molecular flexibility index (Phi) is 3.05. The zero-order chi connectivity index (χ0) is 9.14. The van der Waals surface area contributed by atoms with Crippen LogP contribution in [0.1, 0.15) is 5.56 Å². The molecule has 2 nitrogen and oxygen atoms in total. The van der Waals surface area contributed by atoms with Crippen molar-refractivity contribution in [3.8, 4) is 5.75 Å². The van der Waals surface area contributed by atoms with Crippen molar-refractivity contribution < 1.29 is 9.50 Å². The molecule has 66 valence electrons. The molecule has 0 aromatic heterocycles. The number of rotatable bonds is 2. The molecule has 0 radical (unpaired) electrons. The molecular formula is C8H9BrFNO. The minimum absolute atomic E-state index is 0.293. The fourth-order valence-electron chi connectivity index (χ4n) is 0.928. The standard InChI is InChI=1S/C8H9BrFNO/c1-11-4-5-6(9)2-3-7(10)8(5)12/h2-3,11-12H,4H2,1H3. The van der Waals surface area contributed by atoms with Gasteiger partial charge in [0.2, 0.25) is 0 Å². The van der Waals surface area contributed by atoms with Crippen molar-refractivity contribution >= 4 is 15.9 Å². The van der Waals surface area contributed by atoms with Crippen LogP contribution in [0.5, 0.6) is 5.75 Å². The van der Waals surface area contributed by atoms with Crippen LogP contribution in [0.15, 0.2) is 16.6 Å². The predicted molar refractivity (Wildman–Crippen MR) is 48.5 cm³/mol. The molecule has 0 fully saturated rings. The van der Waals surface area contributed by atoms with E-state index in [0.717, 1.165) is 0 Å². The number of halogens is 2. The molecule has 0 atom stereocenters. The molecule has 0 saturated heterocycles. The van der Waals surface area contributed by atoms with Crippen LogP contribution in [0.25, 0.3) is 0 Å². The van der Waals surface area contributed by atoms with E-state index in [4.69, 9.17) is 0 Å². The summed E-state index contributed by atoms with van der Waals surface area (Å²) in [4.78, 5) is 0. The first-order valence-electron chi connectivity index (χ1n) is 3.47. The first-order chi connectivity index (χ1) is 5.66. The van der Waals surface area contributed by atoms with E-state index >= 15 is 0 Å². The van der Waals surface area contributed by atoms with Crippen LogP contribution in [0, 0.1) is 5.82 Å². The largest absolute Gasteiger partial charge is 0.505 e. The molecular weight excluding hydrogens is 225 g/mol. The first-order valence-corrected chi connectivity index (χ1v) is 4.26. The molecule has 0 aliphatic carbocycles. The molecule has 1 aromatic carbocycles. The van der Waals surface area contributed by atoms with E-state index in [9.17, 15) is 9.50 Å². The highest BCUT2D eigenvalue weighted by atomic mass is 79.9. The lowest BCUT2D eigenvalue weighted by Crippen LogP contribution is -2.06. The molecule has 12 heavy (non-hydrogen) atoms. The average Bonchev–Trinajstić information content (AvgIpc) is 2.06. The number of aromatic hydroxyl groups is 1. The van der Waals surface area contributed by atoms with E-state index in [-0.39, 0.29) is 5.75 Å². The molecule has 0 unspecified atom stereocenters. The third-order valence-corrected chi connectivity index (χ3v) is 2.27. The lowest BCUT2D eigenvalue weighted by Gasteiger charge is -2.06. The number of nitrogens with one attached hydrogen (secondary N) is 1. The van der Waals surface area contributed by atoms with Crippen LogP contribution in [-0.4, -0.2) is 12.2 Å². The summed E-state index contributed by atoms with van der Waals surface area (Å²) in [5, 5.41) is 12.1. The molecule has 1 rings (SSSR count). The van der Waals surface area contributed by atoms with Crippen molar-refractivity contribution in [1.82, 2.24) is 5.32 Å². The Bertz CT molecular complexity index is 291. The Hall–Kier alpha value is -0.610. The minimum Gasteiger partial charge on any atom is -0.505 e. The number of phenols is 1. The zero-order valence-electron chi connectivity index (χ0n) is 6.56. The number of benzene rings is 1. The van der Waals surface area contributed by atoms with Crippen LogP contribution in [0.4, 0.5) is 4.39 Å². The highest BCUT2D eigenvalue weighted by molar-refractivity contribution is 9.10. The first kappa shape index (κ1) is 9.48. The van der Waals surface area contributed by atoms with E-state index in [0.29, 0.717) is 16.6 Å². The van der Waals surface area contributed by atoms with Crippen molar-refractivity contribution in [2.45, 2.75) is 6.54 Å². The molecule has 0 aliphatic rings. The van der Waals surface area contributed by atoms with E-state index in [2.05, 4.69) is 21.2 Å². The molecule has 0 spiro atoms. The van der Waals surface area contributed by atoms with E-state index in [1.807, 2.05) is 0 Å². The maximum atomic E-state index is 12.8. The summed E-state index contributed by atoms with van der Waals surface area (Å²) in [5.41, 5.74) is 0.539. The average molecular weight is 234 g/mol. The van der Waals surface area contributed by atoms with Gasteiger partial charge in [0.15, 0.2) is 11.6 Å². The third-order valence-electron chi connectivity index (χ3n) is 1.53. The monoisotopic (exact) mass is 233 g/mol. The fraction of sp³-hybridized carbons (Fsp3) is 0.250. The Balaban J connectivity index is 3.14. The van der Waals surface area contributed by atoms with Gasteiger partial charge in [0.1, 0.15) is 0 Å². The van der Waals surface area contributed by atoms with Gasteiger partial charge in [0.05, 0.1) is 0 Å². The Morgan fingerprint density at radius 3 is 2.83 bits per heavy atom. The number of hydrogen-bond donors (Lipinski definition) is 2. The van der Waals surface area contributed by atoms with Gasteiger partial charge in [0.25, 0.3) is 0 Å². The second-order valence-electron chi connectivity index (χ2n) is 2.39. The van der Waals surface area contributed by atoms with Gasteiger partial charge in [-0.3, -0.25) is 0 Å². The predicted octanol–water partition coefficient (Wildman–Crippen LogP) is 2.01. The summed E-state index contributed by atoms with van der Waals surface area (Å²) in [7, 11) is 1.73. The smallest absolute Gasteiger partial charge is 0.165 e. The van der Waals surface area contributed by atoms with Crippen LogP contribution in [0.2, 0.25) is 0 Å². The van der Waals surface area contributed by atoms with Crippen molar-refractivity contribution in [3.05, 3.63) is 28.0 Å². The molecule has 0 saturated carbocycles. The summed E-state index contributed by atoms with van der Waals surface area (Å²) in [6, 6.07) is 2.79. The summed E-state index contributed by atoms with van der Waals surface area (Å²) in [6.45, 7) is 0.435. The fourth-order valence-corrected chi connectivity index (χ4v) is 1.39. The molecule has 0 amide bonds. The highest BCUT2D eigenvalue weighted by Gasteiger charge is 2.09. The molecule has 0 bridgehead atoms. The summed E-state index contributed by atoms with van der Waals surface area (Å²) >= 11 is 3.22. The van der Waals surface area contributed by atoms with E-state index in [1.54, 1.807) is 13.1 Å². The normalized spacial score (nSPS) is 10.2. The summed E-state index contributed by atoms with van der Waals surface area (Å²) in [6.07, 6.45) is 0.